The molecule has 10 heteroatoms. The topological polar surface area (TPSA) is 100 Å². The highest BCUT2D eigenvalue weighted by Gasteiger charge is 2.10. The van der Waals surface area contributed by atoms with Crippen molar-refractivity contribution in [3.63, 3.8) is 0 Å². The van der Waals surface area contributed by atoms with Crippen LogP contribution in [0.1, 0.15) is 0 Å². The number of nitrogens with one attached hydrogen (secondary N) is 3. The molecule has 0 radical (unpaired) electrons. The summed E-state index contributed by atoms with van der Waals surface area (Å²) in [6, 6.07) is 9.99. The summed E-state index contributed by atoms with van der Waals surface area (Å²) in [5, 5.41) is 5.40. The molecule has 2 amide bonds. The van der Waals surface area contributed by atoms with E-state index in [2.05, 4.69) is 20.3 Å². The van der Waals surface area contributed by atoms with E-state index in [1.54, 1.807) is 24.3 Å². The summed E-state index contributed by atoms with van der Waals surface area (Å²) in [7, 11) is -3.40. The smallest absolute Gasteiger partial charge is 0.308 e. The second-order valence-electron chi connectivity index (χ2n) is 5.17. The Balaban J connectivity index is 1.74. The number of hydrogen-bond acceptors (Lipinski definition) is 5. The molecular weight excluding hydrogens is 367 g/mol. The molecule has 0 aliphatic carbocycles. The van der Waals surface area contributed by atoms with Crippen LogP contribution in [0.5, 0.6) is 0 Å². The number of halogens is 1. The Morgan fingerprint density at radius 3 is 2.52 bits per heavy atom. The highest BCUT2D eigenvalue weighted by atomic mass is 32.2. The van der Waals surface area contributed by atoms with Gasteiger partial charge in [0, 0.05) is 11.4 Å². The molecule has 25 heavy (non-hydrogen) atoms. The molecule has 2 aromatic carbocycles. The van der Waals surface area contributed by atoms with Crippen molar-refractivity contribution in [3.8, 4) is 0 Å². The summed E-state index contributed by atoms with van der Waals surface area (Å²) < 4.78 is 38.6. The zero-order chi connectivity index (χ0) is 18.0. The van der Waals surface area contributed by atoms with Crippen LogP contribution in [0.15, 0.2) is 42.5 Å². The summed E-state index contributed by atoms with van der Waals surface area (Å²) in [6.45, 7) is 0. The number of urea groups is 1. The number of carbonyl (C=O) groups excluding carboxylic acids is 1. The van der Waals surface area contributed by atoms with Crippen LogP contribution in [0.4, 0.5) is 25.7 Å². The van der Waals surface area contributed by atoms with E-state index >= 15 is 0 Å². The third-order valence-corrected chi connectivity index (χ3v) is 4.63. The first-order valence-corrected chi connectivity index (χ1v) is 9.71. The van der Waals surface area contributed by atoms with E-state index in [0.29, 0.717) is 21.6 Å². The first-order chi connectivity index (χ1) is 11.8. The Hall–Kier alpha value is -2.72. The van der Waals surface area contributed by atoms with Crippen LogP contribution in [-0.2, 0) is 10.0 Å². The molecule has 3 aromatic rings. The van der Waals surface area contributed by atoms with Gasteiger partial charge in [-0.2, -0.15) is 0 Å². The minimum atomic E-state index is -3.40. The maximum atomic E-state index is 13.1. The lowest BCUT2D eigenvalue weighted by atomic mass is 10.3. The number of benzene rings is 2. The van der Waals surface area contributed by atoms with Crippen LogP contribution in [0.25, 0.3) is 10.2 Å². The zero-order valence-electron chi connectivity index (χ0n) is 12.9. The highest BCUT2D eigenvalue weighted by Crippen LogP contribution is 2.28. The summed E-state index contributed by atoms with van der Waals surface area (Å²) in [4.78, 5) is 16.1. The van der Waals surface area contributed by atoms with Gasteiger partial charge in [0.2, 0.25) is 10.0 Å². The minimum Gasteiger partial charge on any atom is -0.308 e. The molecule has 0 bridgehead atoms. The molecule has 1 heterocycles. The Labute approximate surface area is 146 Å². The number of hydrogen-bond donors (Lipinski definition) is 3. The fraction of sp³-hybridized carbons (Fsp3) is 0.0667. The van der Waals surface area contributed by atoms with Gasteiger partial charge >= 0.3 is 6.03 Å². The number of nitrogens with zero attached hydrogens (tertiary/aromatic N) is 1. The van der Waals surface area contributed by atoms with E-state index in [1.165, 1.54) is 18.2 Å². The van der Waals surface area contributed by atoms with Crippen LogP contribution < -0.4 is 15.4 Å². The molecule has 0 saturated carbocycles. The van der Waals surface area contributed by atoms with Crippen molar-refractivity contribution in [1.29, 1.82) is 0 Å². The van der Waals surface area contributed by atoms with Gasteiger partial charge in [0.15, 0.2) is 5.13 Å². The van der Waals surface area contributed by atoms with Crippen molar-refractivity contribution < 1.29 is 17.6 Å². The van der Waals surface area contributed by atoms with Crippen molar-refractivity contribution in [3.05, 3.63) is 48.3 Å². The van der Waals surface area contributed by atoms with E-state index in [4.69, 9.17) is 0 Å². The predicted molar refractivity (Wildman–Crippen MR) is 97.1 cm³/mol. The number of fused-ring (bicyclic) bond motifs is 1. The highest BCUT2D eigenvalue weighted by molar-refractivity contribution is 7.92. The van der Waals surface area contributed by atoms with Gasteiger partial charge in [-0.15, -0.1) is 0 Å². The number of amides is 2. The lowest BCUT2D eigenvalue weighted by molar-refractivity contribution is 0.262. The van der Waals surface area contributed by atoms with Crippen LogP contribution in [0, 0.1) is 5.82 Å². The van der Waals surface area contributed by atoms with E-state index in [0.717, 1.165) is 17.6 Å². The van der Waals surface area contributed by atoms with Crippen molar-refractivity contribution in [2.75, 3.05) is 21.6 Å². The first-order valence-electron chi connectivity index (χ1n) is 7.00. The van der Waals surface area contributed by atoms with E-state index in [1.807, 2.05) is 0 Å². The molecule has 0 atom stereocenters. The average Bonchev–Trinajstić information content (AvgIpc) is 2.86. The van der Waals surface area contributed by atoms with Crippen LogP contribution in [-0.4, -0.2) is 25.7 Å². The minimum absolute atomic E-state index is 0.249. The molecule has 0 fully saturated rings. The van der Waals surface area contributed by atoms with Gasteiger partial charge in [-0.3, -0.25) is 4.72 Å². The maximum Gasteiger partial charge on any atom is 0.323 e. The Bertz CT molecular complexity index is 1050. The zero-order valence-corrected chi connectivity index (χ0v) is 14.5. The van der Waals surface area contributed by atoms with Crippen molar-refractivity contribution >= 4 is 54.1 Å². The second kappa shape index (κ2) is 6.65. The quantitative estimate of drug-likeness (QED) is 0.645. The van der Waals surface area contributed by atoms with Gasteiger partial charge in [-0.1, -0.05) is 17.4 Å². The fourth-order valence-corrected chi connectivity index (χ4v) is 3.80. The third-order valence-electron chi connectivity index (χ3n) is 3.00. The molecule has 0 unspecified atom stereocenters. The van der Waals surface area contributed by atoms with Crippen LogP contribution >= 0.6 is 11.3 Å². The second-order valence-corrected chi connectivity index (χ2v) is 7.94. The lowest BCUT2D eigenvalue weighted by Crippen LogP contribution is -2.19. The molecule has 0 aliphatic rings. The fourth-order valence-electron chi connectivity index (χ4n) is 2.06. The maximum absolute atomic E-state index is 13.1. The molecule has 3 rings (SSSR count). The van der Waals surface area contributed by atoms with Gasteiger partial charge in [0.05, 0.1) is 16.5 Å². The number of carbonyl (C=O) groups is 1. The molecule has 130 valence electrons. The Kier molecular flexibility index (Phi) is 4.55. The third kappa shape index (κ3) is 4.64. The van der Waals surface area contributed by atoms with Crippen molar-refractivity contribution in [2.24, 2.45) is 0 Å². The molecule has 0 aliphatic heterocycles. The van der Waals surface area contributed by atoms with Gasteiger partial charge < -0.3 is 10.6 Å². The summed E-state index contributed by atoms with van der Waals surface area (Å²) >= 11 is 1.15. The Morgan fingerprint density at radius 2 is 1.84 bits per heavy atom. The number of rotatable bonds is 4. The normalized spacial score (nSPS) is 11.3. The molecule has 1 aromatic heterocycles. The molecule has 0 saturated heterocycles. The standard InChI is InChI=1S/C15H13FN4O3S2/c1-25(22,23)20-15-19-12-6-5-11(8-13(12)24-15)18-14(21)17-10-4-2-3-9(16)7-10/h2-8H,1H3,(H,19,20)(H2,17,18,21). The molecular formula is C15H13FN4O3S2. The molecule has 0 spiro atoms. The number of thiazole rings is 1. The van der Waals surface area contributed by atoms with E-state index in [9.17, 15) is 17.6 Å². The van der Waals surface area contributed by atoms with Gasteiger partial charge in [-0.25, -0.2) is 22.6 Å². The van der Waals surface area contributed by atoms with Crippen molar-refractivity contribution in [2.45, 2.75) is 0 Å². The van der Waals surface area contributed by atoms with E-state index < -0.39 is 21.9 Å². The SMILES string of the molecule is CS(=O)(=O)Nc1nc2ccc(NC(=O)Nc3cccc(F)c3)cc2s1. The first kappa shape index (κ1) is 17.1. The van der Waals surface area contributed by atoms with Gasteiger partial charge in [0.25, 0.3) is 0 Å². The molecule has 7 nitrogen and oxygen atoms in total. The number of aromatic nitrogens is 1. The molecule has 3 N–H and O–H groups in total. The van der Waals surface area contributed by atoms with E-state index in [-0.39, 0.29) is 5.13 Å². The van der Waals surface area contributed by atoms with Gasteiger partial charge in [0.1, 0.15) is 5.82 Å². The summed E-state index contributed by atoms with van der Waals surface area (Å²) in [5.41, 5.74) is 1.43. The Morgan fingerprint density at radius 1 is 1.12 bits per heavy atom. The van der Waals surface area contributed by atoms with Crippen LogP contribution in [0.2, 0.25) is 0 Å². The van der Waals surface area contributed by atoms with Crippen LogP contribution in [0.3, 0.4) is 0 Å². The average molecular weight is 380 g/mol. The summed E-state index contributed by atoms with van der Waals surface area (Å²) in [6.07, 6.45) is 1.04. The lowest BCUT2D eigenvalue weighted by Gasteiger charge is -2.07. The summed E-state index contributed by atoms with van der Waals surface area (Å²) in [5.74, 6) is -0.449. The number of anilines is 3. The van der Waals surface area contributed by atoms with Gasteiger partial charge in [-0.05, 0) is 36.4 Å². The van der Waals surface area contributed by atoms with Crippen molar-refractivity contribution in [1.82, 2.24) is 4.98 Å². The monoisotopic (exact) mass is 380 g/mol. The number of sulfonamides is 1. The largest absolute Gasteiger partial charge is 0.323 e. The predicted octanol–water partition coefficient (Wildman–Crippen LogP) is 3.45.